The Balaban J connectivity index is 0.000000810. The van der Waals surface area contributed by atoms with Crippen molar-refractivity contribution in [3.05, 3.63) is 0 Å². The van der Waals surface area contributed by atoms with Crippen LogP contribution in [0.15, 0.2) is 0 Å². The maximum absolute atomic E-state index is 11.2. The van der Waals surface area contributed by atoms with Crippen molar-refractivity contribution in [2.24, 2.45) is 11.3 Å². The third-order valence-corrected chi connectivity index (χ3v) is 2.12. The zero-order valence-electron chi connectivity index (χ0n) is 6.40. The van der Waals surface area contributed by atoms with Crippen LogP contribution < -0.4 is 0 Å². The maximum atomic E-state index is 11.2. The SMILES string of the molecule is C.CC(C)C(=O)C1(C)CC1. The van der Waals surface area contributed by atoms with E-state index >= 15 is 0 Å². The van der Waals surface area contributed by atoms with E-state index in [4.69, 9.17) is 0 Å². The van der Waals surface area contributed by atoms with Gasteiger partial charge in [-0.2, -0.15) is 0 Å². The Bertz CT molecular complexity index is 132. The molecular formula is C9H18O. The van der Waals surface area contributed by atoms with Gasteiger partial charge in [-0.1, -0.05) is 28.2 Å². The summed E-state index contributed by atoms with van der Waals surface area (Å²) >= 11 is 0. The van der Waals surface area contributed by atoms with Gasteiger partial charge in [0.25, 0.3) is 0 Å². The molecule has 10 heavy (non-hydrogen) atoms. The van der Waals surface area contributed by atoms with Gasteiger partial charge in [0.05, 0.1) is 0 Å². The molecule has 0 heterocycles. The number of rotatable bonds is 2. The van der Waals surface area contributed by atoms with Gasteiger partial charge in [0.15, 0.2) is 0 Å². The summed E-state index contributed by atoms with van der Waals surface area (Å²) in [6.45, 7) is 6.02. The second kappa shape index (κ2) is 2.73. The van der Waals surface area contributed by atoms with Gasteiger partial charge in [-0.15, -0.1) is 0 Å². The van der Waals surface area contributed by atoms with Gasteiger partial charge in [0, 0.05) is 11.3 Å². The lowest BCUT2D eigenvalue weighted by Gasteiger charge is -2.08. The minimum absolute atomic E-state index is 0. The van der Waals surface area contributed by atoms with Crippen molar-refractivity contribution in [1.82, 2.24) is 0 Å². The number of Topliss-reactive ketones (excluding diaryl/α,β-unsaturated/α-hetero) is 1. The first-order valence-electron chi connectivity index (χ1n) is 3.60. The second-order valence-electron chi connectivity index (χ2n) is 3.58. The molecule has 0 aromatic carbocycles. The molecule has 0 radical (unpaired) electrons. The molecule has 0 spiro atoms. The maximum Gasteiger partial charge on any atom is 0.141 e. The Morgan fingerprint density at radius 2 is 1.80 bits per heavy atom. The minimum atomic E-state index is 0. The molecule has 1 aliphatic rings. The molecule has 0 aliphatic heterocycles. The highest BCUT2D eigenvalue weighted by atomic mass is 16.1. The van der Waals surface area contributed by atoms with Crippen LogP contribution in [0.2, 0.25) is 0 Å². The lowest BCUT2D eigenvalue weighted by atomic mass is 9.95. The summed E-state index contributed by atoms with van der Waals surface area (Å²) in [5, 5.41) is 0. The van der Waals surface area contributed by atoms with E-state index in [1.54, 1.807) is 0 Å². The minimum Gasteiger partial charge on any atom is -0.299 e. The summed E-state index contributed by atoms with van der Waals surface area (Å²) in [5.74, 6) is 0.681. The fourth-order valence-corrected chi connectivity index (χ4v) is 1.13. The Morgan fingerprint density at radius 3 is 1.90 bits per heavy atom. The molecule has 0 amide bonds. The summed E-state index contributed by atoms with van der Waals surface area (Å²) in [6, 6.07) is 0. The average Bonchev–Trinajstić information content (AvgIpc) is 2.47. The Kier molecular flexibility index (Phi) is 2.64. The third-order valence-electron chi connectivity index (χ3n) is 2.12. The van der Waals surface area contributed by atoms with Crippen LogP contribution in [0.3, 0.4) is 0 Å². The molecule has 1 aliphatic carbocycles. The van der Waals surface area contributed by atoms with E-state index < -0.39 is 0 Å². The van der Waals surface area contributed by atoms with E-state index in [2.05, 4.69) is 6.92 Å². The van der Waals surface area contributed by atoms with Crippen LogP contribution in [0.5, 0.6) is 0 Å². The number of carbonyl (C=O) groups is 1. The van der Waals surface area contributed by atoms with E-state index in [-0.39, 0.29) is 18.8 Å². The highest BCUT2D eigenvalue weighted by Crippen LogP contribution is 2.47. The van der Waals surface area contributed by atoms with Gasteiger partial charge < -0.3 is 0 Å². The molecule has 0 bridgehead atoms. The number of hydrogen-bond donors (Lipinski definition) is 0. The smallest absolute Gasteiger partial charge is 0.141 e. The zero-order chi connectivity index (χ0) is 7.07. The normalized spacial score (nSPS) is 20.0. The van der Waals surface area contributed by atoms with Crippen molar-refractivity contribution in [1.29, 1.82) is 0 Å². The molecule has 0 saturated heterocycles. The topological polar surface area (TPSA) is 17.1 Å². The Labute approximate surface area is 63.8 Å². The molecule has 0 aromatic heterocycles. The van der Waals surface area contributed by atoms with E-state index in [9.17, 15) is 4.79 Å². The molecule has 1 nitrogen and oxygen atoms in total. The van der Waals surface area contributed by atoms with Crippen molar-refractivity contribution >= 4 is 5.78 Å². The first-order valence-corrected chi connectivity index (χ1v) is 3.60. The number of carbonyl (C=O) groups excluding carboxylic acids is 1. The number of hydrogen-bond acceptors (Lipinski definition) is 1. The third kappa shape index (κ3) is 1.59. The molecule has 60 valence electrons. The van der Waals surface area contributed by atoms with Crippen molar-refractivity contribution in [2.75, 3.05) is 0 Å². The van der Waals surface area contributed by atoms with Gasteiger partial charge in [-0.05, 0) is 12.8 Å². The zero-order valence-corrected chi connectivity index (χ0v) is 6.40. The predicted octanol–water partition coefficient (Wildman–Crippen LogP) is 2.65. The second-order valence-corrected chi connectivity index (χ2v) is 3.58. The number of ketones is 1. The fraction of sp³-hybridized carbons (Fsp3) is 0.889. The van der Waals surface area contributed by atoms with E-state index in [0.29, 0.717) is 5.78 Å². The van der Waals surface area contributed by atoms with E-state index in [1.165, 1.54) is 0 Å². The largest absolute Gasteiger partial charge is 0.299 e. The van der Waals surface area contributed by atoms with Crippen LogP contribution in [0.25, 0.3) is 0 Å². The molecule has 0 aromatic rings. The Hall–Kier alpha value is -0.330. The van der Waals surface area contributed by atoms with Crippen molar-refractivity contribution in [3.8, 4) is 0 Å². The van der Waals surface area contributed by atoms with Gasteiger partial charge in [0.1, 0.15) is 5.78 Å². The Morgan fingerprint density at radius 1 is 1.40 bits per heavy atom. The van der Waals surface area contributed by atoms with Crippen LogP contribution in [-0.2, 0) is 4.79 Å². The van der Waals surface area contributed by atoms with Crippen molar-refractivity contribution in [2.45, 2.75) is 41.0 Å². The summed E-state index contributed by atoms with van der Waals surface area (Å²) < 4.78 is 0. The van der Waals surface area contributed by atoms with Crippen molar-refractivity contribution in [3.63, 3.8) is 0 Å². The monoisotopic (exact) mass is 142 g/mol. The molecule has 0 atom stereocenters. The van der Waals surface area contributed by atoms with Gasteiger partial charge in [0.2, 0.25) is 0 Å². The highest BCUT2D eigenvalue weighted by molar-refractivity contribution is 5.88. The fourth-order valence-electron chi connectivity index (χ4n) is 1.13. The van der Waals surface area contributed by atoms with Gasteiger partial charge in [-0.3, -0.25) is 4.79 Å². The molecule has 1 fully saturated rings. The lowest BCUT2D eigenvalue weighted by Crippen LogP contribution is -2.17. The summed E-state index contributed by atoms with van der Waals surface area (Å²) in [7, 11) is 0. The molecule has 0 unspecified atom stereocenters. The van der Waals surface area contributed by atoms with Crippen LogP contribution in [-0.4, -0.2) is 5.78 Å². The first-order chi connectivity index (χ1) is 4.06. The predicted molar refractivity (Wildman–Crippen MR) is 43.9 cm³/mol. The van der Waals surface area contributed by atoms with Crippen LogP contribution >= 0.6 is 0 Å². The van der Waals surface area contributed by atoms with Crippen LogP contribution in [0.1, 0.15) is 41.0 Å². The summed E-state index contributed by atoms with van der Waals surface area (Å²) in [4.78, 5) is 11.2. The average molecular weight is 142 g/mol. The van der Waals surface area contributed by atoms with Gasteiger partial charge >= 0.3 is 0 Å². The summed E-state index contributed by atoms with van der Waals surface area (Å²) in [5.41, 5.74) is 0.0914. The van der Waals surface area contributed by atoms with Crippen molar-refractivity contribution < 1.29 is 4.79 Å². The van der Waals surface area contributed by atoms with E-state index in [1.807, 2.05) is 13.8 Å². The van der Waals surface area contributed by atoms with Gasteiger partial charge in [-0.25, -0.2) is 0 Å². The standard InChI is InChI=1S/C8H14O.CH4/c1-6(2)7(9)8(3)4-5-8;/h6H,4-5H2,1-3H3;1H4. The molecule has 0 N–H and O–H groups in total. The lowest BCUT2D eigenvalue weighted by molar-refractivity contribution is -0.126. The molecule has 1 heteroatoms. The molecular weight excluding hydrogens is 124 g/mol. The molecule has 1 saturated carbocycles. The summed E-state index contributed by atoms with van der Waals surface area (Å²) in [6.07, 6.45) is 2.23. The van der Waals surface area contributed by atoms with E-state index in [0.717, 1.165) is 12.8 Å². The van der Waals surface area contributed by atoms with Crippen LogP contribution in [0, 0.1) is 11.3 Å². The molecule has 1 rings (SSSR count). The quantitative estimate of drug-likeness (QED) is 0.579. The first kappa shape index (κ1) is 9.67. The highest BCUT2D eigenvalue weighted by Gasteiger charge is 2.45. The van der Waals surface area contributed by atoms with Crippen LogP contribution in [0.4, 0.5) is 0 Å².